The average Bonchev–Trinajstić information content (AvgIpc) is 3.10. The molecule has 0 saturated carbocycles. The van der Waals surface area contributed by atoms with Crippen molar-refractivity contribution < 1.29 is 23.9 Å². The summed E-state index contributed by atoms with van der Waals surface area (Å²) in [5, 5.41) is 2.56. The molecule has 0 spiro atoms. The monoisotopic (exact) mass is 282 g/mol. The zero-order valence-corrected chi connectivity index (χ0v) is 10.7. The predicted octanol–water partition coefficient (Wildman–Crippen LogP) is -0.815. The lowest BCUT2D eigenvalue weighted by Gasteiger charge is -2.23. The molecule has 1 N–H and O–H groups in total. The summed E-state index contributed by atoms with van der Waals surface area (Å²) >= 11 is 0. The van der Waals surface area contributed by atoms with Gasteiger partial charge in [0.05, 0.1) is 6.04 Å². The Morgan fingerprint density at radius 3 is 2.65 bits per heavy atom. The molecular weight excluding hydrogens is 268 g/mol. The number of carbonyl (C=O) groups is 4. The van der Waals surface area contributed by atoms with Gasteiger partial charge in [0.2, 0.25) is 0 Å². The highest BCUT2D eigenvalue weighted by Crippen LogP contribution is 2.21. The number of amides is 6. The maximum atomic E-state index is 12.2. The van der Waals surface area contributed by atoms with Gasteiger partial charge in [-0.15, -0.1) is 0 Å². The van der Waals surface area contributed by atoms with Crippen LogP contribution < -0.4 is 5.32 Å². The van der Waals surface area contributed by atoms with Crippen molar-refractivity contribution in [3.05, 3.63) is 0 Å². The van der Waals surface area contributed by atoms with Gasteiger partial charge in [0.15, 0.2) is 6.61 Å². The third-order valence-electron chi connectivity index (χ3n) is 3.67. The summed E-state index contributed by atoms with van der Waals surface area (Å²) in [6.07, 6.45) is -0.157. The van der Waals surface area contributed by atoms with Gasteiger partial charge >= 0.3 is 18.2 Å². The Bertz CT molecular complexity index is 477. The molecule has 3 fully saturated rings. The van der Waals surface area contributed by atoms with Crippen LogP contribution in [0.1, 0.15) is 6.42 Å². The number of hydrogen-bond acceptors (Lipinski definition) is 5. The summed E-state index contributed by atoms with van der Waals surface area (Å²) in [5.41, 5.74) is 0. The molecule has 20 heavy (non-hydrogen) atoms. The number of urea groups is 2. The zero-order chi connectivity index (χ0) is 14.3. The largest absolute Gasteiger partial charge is 0.439 e. The highest BCUT2D eigenvalue weighted by molar-refractivity contribution is 5.98. The molecule has 3 saturated heterocycles. The van der Waals surface area contributed by atoms with Crippen molar-refractivity contribution in [1.29, 1.82) is 0 Å². The Hall–Kier alpha value is -2.32. The molecule has 0 aromatic heterocycles. The second-order valence-electron chi connectivity index (χ2n) is 4.87. The van der Waals surface area contributed by atoms with E-state index in [0.717, 1.165) is 9.80 Å². The third kappa shape index (κ3) is 1.95. The number of cyclic esters (lactones) is 1. The van der Waals surface area contributed by atoms with Crippen LogP contribution in [0.25, 0.3) is 0 Å². The maximum absolute atomic E-state index is 12.2. The molecule has 0 aromatic rings. The highest BCUT2D eigenvalue weighted by Gasteiger charge is 2.42. The number of rotatable bonds is 1. The van der Waals surface area contributed by atoms with Crippen LogP contribution in [-0.2, 0) is 9.53 Å². The van der Waals surface area contributed by atoms with Crippen molar-refractivity contribution in [3.63, 3.8) is 0 Å². The molecule has 3 aliphatic rings. The predicted molar refractivity (Wildman–Crippen MR) is 63.7 cm³/mol. The van der Waals surface area contributed by atoms with Crippen molar-refractivity contribution >= 4 is 24.1 Å². The first-order chi connectivity index (χ1) is 9.58. The summed E-state index contributed by atoms with van der Waals surface area (Å²) in [4.78, 5) is 50.3. The van der Waals surface area contributed by atoms with Crippen LogP contribution in [0.15, 0.2) is 0 Å². The molecule has 0 aromatic carbocycles. The van der Waals surface area contributed by atoms with Gasteiger partial charge in [-0.1, -0.05) is 0 Å². The van der Waals surface area contributed by atoms with E-state index in [2.05, 4.69) is 10.1 Å². The fourth-order valence-electron chi connectivity index (χ4n) is 2.67. The molecule has 3 heterocycles. The number of ether oxygens (including phenoxy) is 1. The molecule has 0 radical (unpaired) electrons. The maximum Gasteiger partial charge on any atom is 0.417 e. The number of imide groups is 2. The van der Waals surface area contributed by atoms with Gasteiger partial charge in [-0.05, 0) is 6.42 Å². The molecule has 0 bridgehead atoms. The molecule has 9 nitrogen and oxygen atoms in total. The Kier molecular flexibility index (Phi) is 2.96. The molecule has 6 amide bonds. The minimum atomic E-state index is -0.659. The summed E-state index contributed by atoms with van der Waals surface area (Å²) in [6, 6.07) is -1.16. The summed E-state index contributed by atoms with van der Waals surface area (Å²) in [5.74, 6) is -0.381. The fourth-order valence-corrected chi connectivity index (χ4v) is 2.67. The highest BCUT2D eigenvalue weighted by atomic mass is 16.6. The van der Waals surface area contributed by atoms with E-state index in [1.807, 2.05) is 0 Å². The van der Waals surface area contributed by atoms with Gasteiger partial charge in [0.1, 0.15) is 0 Å². The minimum absolute atomic E-state index is 0.238. The van der Waals surface area contributed by atoms with Crippen molar-refractivity contribution in [3.8, 4) is 0 Å². The second kappa shape index (κ2) is 4.66. The SMILES string of the molecule is O=C1NCCN1C(=O)N1CC[C@H](N2C(=O)COC2=O)C1. The van der Waals surface area contributed by atoms with Gasteiger partial charge in [-0.25, -0.2) is 24.2 Å². The van der Waals surface area contributed by atoms with Gasteiger partial charge < -0.3 is 15.0 Å². The zero-order valence-electron chi connectivity index (χ0n) is 10.7. The van der Waals surface area contributed by atoms with E-state index in [0.29, 0.717) is 26.1 Å². The van der Waals surface area contributed by atoms with E-state index in [9.17, 15) is 19.2 Å². The van der Waals surface area contributed by atoms with Crippen molar-refractivity contribution in [2.45, 2.75) is 12.5 Å². The quantitative estimate of drug-likeness (QED) is 0.677. The Balaban J connectivity index is 1.65. The Labute approximate surface area is 114 Å². The van der Waals surface area contributed by atoms with Crippen molar-refractivity contribution in [2.75, 3.05) is 32.8 Å². The van der Waals surface area contributed by atoms with E-state index in [1.54, 1.807) is 0 Å². The number of carbonyl (C=O) groups excluding carboxylic acids is 4. The Morgan fingerprint density at radius 2 is 2.05 bits per heavy atom. The minimum Gasteiger partial charge on any atom is -0.439 e. The Morgan fingerprint density at radius 1 is 1.25 bits per heavy atom. The first-order valence-corrected chi connectivity index (χ1v) is 6.41. The van der Waals surface area contributed by atoms with E-state index < -0.39 is 12.1 Å². The topological polar surface area (TPSA) is 99.3 Å². The molecule has 3 rings (SSSR count). The molecular formula is C11H14N4O5. The number of nitrogens with zero attached hydrogens (tertiary/aromatic N) is 3. The van der Waals surface area contributed by atoms with Crippen LogP contribution in [0, 0.1) is 0 Å². The van der Waals surface area contributed by atoms with E-state index >= 15 is 0 Å². The van der Waals surface area contributed by atoms with Crippen molar-refractivity contribution in [2.24, 2.45) is 0 Å². The van der Waals surface area contributed by atoms with Crippen LogP contribution in [-0.4, -0.2) is 77.6 Å². The van der Waals surface area contributed by atoms with E-state index in [1.165, 1.54) is 4.90 Å². The molecule has 108 valence electrons. The van der Waals surface area contributed by atoms with Gasteiger partial charge in [-0.3, -0.25) is 4.79 Å². The average molecular weight is 282 g/mol. The molecule has 3 aliphatic heterocycles. The first kappa shape index (κ1) is 12.7. The molecule has 9 heteroatoms. The van der Waals surface area contributed by atoms with Crippen molar-refractivity contribution in [1.82, 2.24) is 20.0 Å². The number of nitrogens with one attached hydrogen (secondary N) is 1. The van der Waals surface area contributed by atoms with Crippen LogP contribution in [0.4, 0.5) is 14.4 Å². The number of hydrogen-bond donors (Lipinski definition) is 1. The lowest BCUT2D eigenvalue weighted by Crippen LogP contribution is -2.46. The third-order valence-corrected chi connectivity index (χ3v) is 3.67. The lowest BCUT2D eigenvalue weighted by molar-refractivity contribution is -0.127. The van der Waals surface area contributed by atoms with Crippen LogP contribution >= 0.6 is 0 Å². The molecule has 0 unspecified atom stereocenters. The van der Waals surface area contributed by atoms with Gasteiger partial charge in [0, 0.05) is 26.2 Å². The van der Waals surface area contributed by atoms with Crippen LogP contribution in [0.5, 0.6) is 0 Å². The summed E-state index contributed by atoms with van der Waals surface area (Å²) in [7, 11) is 0. The molecule has 0 aliphatic carbocycles. The van der Waals surface area contributed by atoms with Gasteiger partial charge in [-0.2, -0.15) is 0 Å². The fraction of sp³-hybridized carbons (Fsp3) is 0.636. The van der Waals surface area contributed by atoms with Gasteiger partial charge in [0.25, 0.3) is 5.91 Å². The smallest absolute Gasteiger partial charge is 0.417 e. The van der Waals surface area contributed by atoms with Crippen LogP contribution in [0.3, 0.4) is 0 Å². The number of likely N-dealkylation sites (tertiary alicyclic amines) is 1. The van der Waals surface area contributed by atoms with Crippen LogP contribution in [0.2, 0.25) is 0 Å². The second-order valence-corrected chi connectivity index (χ2v) is 4.87. The van der Waals surface area contributed by atoms with E-state index in [-0.39, 0.29) is 31.1 Å². The first-order valence-electron chi connectivity index (χ1n) is 6.41. The standard InChI is InChI=1S/C11H14N4O5/c16-8-6-20-11(19)15(8)7-1-3-13(5-7)10(18)14-4-2-12-9(14)17/h7H,1-6H2,(H,12,17)/t7-/m0/s1. The van der Waals surface area contributed by atoms with E-state index in [4.69, 9.17) is 0 Å². The summed E-state index contributed by atoms with van der Waals surface area (Å²) < 4.78 is 4.66. The lowest BCUT2D eigenvalue weighted by atomic mass is 10.2. The molecule has 1 atom stereocenters. The normalized spacial score (nSPS) is 26.3. The summed E-state index contributed by atoms with van der Waals surface area (Å²) in [6.45, 7) is 1.19.